The van der Waals surface area contributed by atoms with E-state index in [2.05, 4.69) is 19.2 Å². The molecule has 1 atom stereocenters. The Morgan fingerprint density at radius 1 is 1.27 bits per heavy atom. The molecule has 0 bridgehead atoms. The number of thiophene rings is 1. The van der Waals surface area contributed by atoms with Gasteiger partial charge < -0.3 is 5.32 Å². The molecule has 6 heteroatoms. The first kappa shape index (κ1) is 16.2. The highest BCUT2D eigenvalue weighted by Gasteiger charge is 2.19. The van der Waals surface area contributed by atoms with Gasteiger partial charge in [0.15, 0.2) is 0 Å². The highest BCUT2D eigenvalue weighted by atomic mass is 32.1. The van der Waals surface area contributed by atoms with Crippen molar-refractivity contribution in [2.45, 2.75) is 26.3 Å². The molecule has 1 aromatic heterocycles. The number of carbonyl (C=O) groups excluding carboxylic acids is 1. The molecule has 22 heavy (non-hydrogen) atoms. The molecule has 116 valence electrons. The lowest BCUT2D eigenvalue weighted by molar-refractivity contribution is -0.384. The Bertz CT molecular complexity index is 636. The van der Waals surface area contributed by atoms with Crippen molar-refractivity contribution in [1.82, 2.24) is 5.32 Å². The van der Waals surface area contributed by atoms with Crippen molar-refractivity contribution in [2.75, 3.05) is 0 Å². The Kier molecular flexibility index (Phi) is 5.27. The second-order valence-electron chi connectivity index (χ2n) is 5.40. The van der Waals surface area contributed by atoms with Gasteiger partial charge in [-0.3, -0.25) is 14.9 Å². The molecular formula is C16H18N2O3S. The average Bonchev–Trinajstić information content (AvgIpc) is 2.99. The Hall–Kier alpha value is -2.21. The van der Waals surface area contributed by atoms with Gasteiger partial charge in [-0.2, -0.15) is 0 Å². The number of nitrogens with one attached hydrogen (secondary N) is 1. The minimum absolute atomic E-state index is 0.00875. The normalized spacial score (nSPS) is 12.1. The fourth-order valence-corrected chi connectivity index (χ4v) is 3.13. The maximum Gasteiger partial charge on any atom is 0.269 e. The second-order valence-corrected chi connectivity index (χ2v) is 6.38. The molecule has 0 saturated heterocycles. The van der Waals surface area contributed by atoms with Gasteiger partial charge in [0.25, 0.3) is 5.69 Å². The Morgan fingerprint density at radius 2 is 1.95 bits per heavy atom. The molecule has 5 nitrogen and oxygen atoms in total. The van der Waals surface area contributed by atoms with E-state index in [0.29, 0.717) is 5.92 Å². The van der Waals surface area contributed by atoms with Crippen molar-refractivity contribution >= 4 is 22.9 Å². The van der Waals surface area contributed by atoms with Crippen LogP contribution in [0.25, 0.3) is 0 Å². The second kappa shape index (κ2) is 7.17. The van der Waals surface area contributed by atoms with E-state index in [-0.39, 0.29) is 24.1 Å². The van der Waals surface area contributed by atoms with Crippen molar-refractivity contribution in [1.29, 1.82) is 0 Å². The molecule has 0 radical (unpaired) electrons. The van der Waals surface area contributed by atoms with Gasteiger partial charge in [-0.05, 0) is 22.9 Å². The predicted molar refractivity (Wildman–Crippen MR) is 86.8 cm³/mol. The third-order valence-electron chi connectivity index (χ3n) is 3.34. The van der Waals surface area contributed by atoms with E-state index in [9.17, 15) is 14.9 Å². The Balaban J connectivity index is 2.00. The summed E-state index contributed by atoms with van der Waals surface area (Å²) in [5.74, 6) is 0.209. The van der Waals surface area contributed by atoms with Crippen LogP contribution in [-0.2, 0) is 11.2 Å². The summed E-state index contributed by atoms with van der Waals surface area (Å²) in [6.45, 7) is 4.13. The number of nitrogens with zero attached hydrogens (tertiary/aromatic N) is 1. The number of hydrogen-bond acceptors (Lipinski definition) is 4. The number of nitro groups is 1. The van der Waals surface area contributed by atoms with E-state index in [1.807, 2.05) is 17.5 Å². The summed E-state index contributed by atoms with van der Waals surface area (Å²) in [6, 6.07) is 10.1. The molecule has 2 aromatic rings. The van der Waals surface area contributed by atoms with E-state index < -0.39 is 4.92 Å². The van der Waals surface area contributed by atoms with E-state index in [1.165, 1.54) is 12.1 Å². The Labute approximate surface area is 133 Å². The molecule has 1 heterocycles. The van der Waals surface area contributed by atoms with Gasteiger partial charge in [0, 0.05) is 17.0 Å². The summed E-state index contributed by atoms with van der Waals surface area (Å²) in [4.78, 5) is 23.5. The maximum absolute atomic E-state index is 12.2. The number of benzene rings is 1. The lowest BCUT2D eigenvalue weighted by atomic mass is 10.0. The number of rotatable bonds is 6. The standard InChI is InChI=1S/C16H18N2O3S/c1-11(2)16(14-4-3-9-22-14)17-15(19)10-12-5-7-13(8-6-12)18(20)21/h3-9,11,16H,10H2,1-2H3,(H,17,19)/t16-/m0/s1. The molecule has 1 aromatic carbocycles. The molecule has 0 saturated carbocycles. The maximum atomic E-state index is 12.2. The van der Waals surface area contributed by atoms with Crippen LogP contribution in [0.15, 0.2) is 41.8 Å². The first-order valence-corrected chi connectivity index (χ1v) is 7.91. The lowest BCUT2D eigenvalue weighted by Crippen LogP contribution is -2.32. The molecule has 0 aliphatic rings. The van der Waals surface area contributed by atoms with Gasteiger partial charge in [-0.15, -0.1) is 11.3 Å². The fourth-order valence-electron chi connectivity index (χ4n) is 2.18. The van der Waals surface area contributed by atoms with Gasteiger partial charge in [0.05, 0.1) is 17.4 Å². The summed E-state index contributed by atoms with van der Waals surface area (Å²) < 4.78 is 0. The van der Waals surface area contributed by atoms with Crippen LogP contribution >= 0.6 is 11.3 Å². The number of carbonyl (C=O) groups is 1. The quantitative estimate of drug-likeness (QED) is 0.652. The van der Waals surface area contributed by atoms with Crippen molar-refractivity contribution in [3.8, 4) is 0 Å². The van der Waals surface area contributed by atoms with Crippen LogP contribution in [0.5, 0.6) is 0 Å². The van der Waals surface area contributed by atoms with Gasteiger partial charge in [0.2, 0.25) is 5.91 Å². The van der Waals surface area contributed by atoms with E-state index in [1.54, 1.807) is 23.5 Å². The molecule has 1 amide bonds. The first-order chi connectivity index (χ1) is 10.5. The fraction of sp³-hybridized carbons (Fsp3) is 0.312. The van der Waals surface area contributed by atoms with Gasteiger partial charge >= 0.3 is 0 Å². The van der Waals surface area contributed by atoms with Crippen LogP contribution in [0, 0.1) is 16.0 Å². The van der Waals surface area contributed by atoms with Crippen LogP contribution in [0.3, 0.4) is 0 Å². The summed E-state index contributed by atoms with van der Waals surface area (Å²) in [7, 11) is 0. The zero-order chi connectivity index (χ0) is 16.1. The minimum Gasteiger partial charge on any atom is -0.348 e. The topological polar surface area (TPSA) is 72.2 Å². The molecule has 0 aliphatic heterocycles. The third kappa shape index (κ3) is 4.14. The molecule has 2 rings (SSSR count). The average molecular weight is 318 g/mol. The van der Waals surface area contributed by atoms with Crippen LogP contribution in [-0.4, -0.2) is 10.8 Å². The van der Waals surface area contributed by atoms with Crippen LogP contribution in [0.2, 0.25) is 0 Å². The number of hydrogen-bond donors (Lipinski definition) is 1. The van der Waals surface area contributed by atoms with Crippen molar-refractivity contribution < 1.29 is 9.72 Å². The molecule has 0 aliphatic carbocycles. The third-order valence-corrected chi connectivity index (χ3v) is 4.30. The zero-order valence-corrected chi connectivity index (χ0v) is 13.3. The largest absolute Gasteiger partial charge is 0.348 e. The summed E-state index contributed by atoms with van der Waals surface area (Å²) in [6.07, 6.45) is 0.215. The minimum atomic E-state index is -0.449. The highest BCUT2D eigenvalue weighted by molar-refractivity contribution is 7.10. The molecule has 0 fully saturated rings. The number of non-ortho nitro benzene ring substituents is 1. The van der Waals surface area contributed by atoms with Gasteiger partial charge in [-0.1, -0.05) is 32.0 Å². The molecule has 1 N–H and O–H groups in total. The highest BCUT2D eigenvalue weighted by Crippen LogP contribution is 2.25. The summed E-state index contributed by atoms with van der Waals surface area (Å²) in [5.41, 5.74) is 0.791. The van der Waals surface area contributed by atoms with Crippen molar-refractivity contribution in [3.05, 3.63) is 62.3 Å². The monoisotopic (exact) mass is 318 g/mol. The van der Waals surface area contributed by atoms with Crippen molar-refractivity contribution in [3.63, 3.8) is 0 Å². The lowest BCUT2D eigenvalue weighted by Gasteiger charge is -2.21. The summed E-state index contributed by atoms with van der Waals surface area (Å²) in [5, 5.41) is 15.6. The molecular weight excluding hydrogens is 300 g/mol. The summed E-state index contributed by atoms with van der Waals surface area (Å²) >= 11 is 1.62. The number of amides is 1. The van der Waals surface area contributed by atoms with E-state index in [4.69, 9.17) is 0 Å². The van der Waals surface area contributed by atoms with Crippen LogP contribution < -0.4 is 5.32 Å². The SMILES string of the molecule is CC(C)[C@H](NC(=O)Cc1ccc([N+](=O)[O-])cc1)c1cccs1. The predicted octanol–water partition coefficient (Wildman–Crippen LogP) is 3.71. The van der Waals surface area contributed by atoms with E-state index in [0.717, 1.165) is 10.4 Å². The smallest absolute Gasteiger partial charge is 0.269 e. The first-order valence-electron chi connectivity index (χ1n) is 7.03. The van der Waals surface area contributed by atoms with Crippen LogP contribution in [0.1, 0.15) is 30.3 Å². The number of nitro benzene ring substituents is 1. The van der Waals surface area contributed by atoms with Crippen LogP contribution in [0.4, 0.5) is 5.69 Å². The van der Waals surface area contributed by atoms with Crippen molar-refractivity contribution in [2.24, 2.45) is 5.92 Å². The van der Waals surface area contributed by atoms with Gasteiger partial charge in [-0.25, -0.2) is 0 Å². The Morgan fingerprint density at radius 3 is 2.45 bits per heavy atom. The van der Waals surface area contributed by atoms with E-state index >= 15 is 0 Å². The zero-order valence-electron chi connectivity index (χ0n) is 12.5. The molecule has 0 spiro atoms. The molecule has 0 unspecified atom stereocenters. The van der Waals surface area contributed by atoms with Gasteiger partial charge in [0.1, 0.15) is 0 Å².